The van der Waals surface area contributed by atoms with Crippen LogP contribution >= 0.6 is 0 Å². The van der Waals surface area contributed by atoms with Gasteiger partial charge in [-0.1, -0.05) is 74.2 Å². The van der Waals surface area contributed by atoms with E-state index in [1.165, 1.54) is 12.8 Å². The largest absolute Gasteiger partial charge is 0.342 e. The van der Waals surface area contributed by atoms with Crippen molar-refractivity contribution in [1.82, 2.24) is 10.6 Å². The molecule has 0 saturated heterocycles. The lowest BCUT2D eigenvalue weighted by atomic mass is 9.95. The Morgan fingerprint density at radius 1 is 1.03 bits per heavy atom. The van der Waals surface area contributed by atoms with Gasteiger partial charge in [0.1, 0.15) is 5.54 Å². The zero-order chi connectivity index (χ0) is 24.4. The van der Waals surface area contributed by atoms with E-state index in [0.717, 1.165) is 36.1 Å². The van der Waals surface area contributed by atoms with Crippen molar-refractivity contribution in [3.8, 4) is 0 Å². The molecule has 5 rings (SSSR count). The van der Waals surface area contributed by atoms with Crippen LogP contribution in [0.5, 0.6) is 0 Å². The minimum Gasteiger partial charge on any atom is -0.342 e. The Kier molecular flexibility index (Phi) is 6.41. The van der Waals surface area contributed by atoms with Crippen molar-refractivity contribution >= 4 is 29.1 Å². The predicted octanol–water partition coefficient (Wildman–Crippen LogP) is 3.56. The zero-order valence-electron chi connectivity index (χ0n) is 20.1. The maximum Gasteiger partial charge on any atom is 0.272 e. The van der Waals surface area contributed by atoms with Crippen LogP contribution in [0.2, 0.25) is 0 Å². The van der Waals surface area contributed by atoms with E-state index in [1.54, 1.807) is 11.9 Å². The molecular formula is C28H32N4O3. The van der Waals surface area contributed by atoms with Crippen molar-refractivity contribution in [2.24, 2.45) is 10.9 Å². The fourth-order valence-electron chi connectivity index (χ4n) is 5.16. The van der Waals surface area contributed by atoms with Crippen molar-refractivity contribution in [3.05, 3.63) is 65.7 Å². The van der Waals surface area contributed by atoms with E-state index in [1.807, 2.05) is 54.6 Å². The quantitative estimate of drug-likeness (QED) is 0.646. The summed E-state index contributed by atoms with van der Waals surface area (Å²) < 4.78 is 0. The molecule has 2 aromatic rings. The molecule has 1 aliphatic heterocycles. The molecule has 2 aliphatic carbocycles. The Bertz CT molecular complexity index is 1150. The monoisotopic (exact) mass is 472 g/mol. The second-order valence-electron chi connectivity index (χ2n) is 9.95. The highest BCUT2D eigenvalue weighted by atomic mass is 16.2. The van der Waals surface area contributed by atoms with E-state index in [9.17, 15) is 14.4 Å². The van der Waals surface area contributed by atoms with Crippen LogP contribution < -0.4 is 15.5 Å². The molecule has 2 fully saturated rings. The normalized spacial score (nSPS) is 21.1. The lowest BCUT2D eigenvalue weighted by Gasteiger charge is -2.31. The lowest BCUT2D eigenvalue weighted by Crippen LogP contribution is -2.60. The number of benzodiazepines with no additional fused rings is 1. The number of carbonyl (C=O) groups is 3. The summed E-state index contributed by atoms with van der Waals surface area (Å²) in [5.41, 5.74) is 2.10. The summed E-state index contributed by atoms with van der Waals surface area (Å²) in [6.07, 6.45) is 5.48. The van der Waals surface area contributed by atoms with Crippen LogP contribution in [-0.2, 0) is 14.4 Å². The van der Waals surface area contributed by atoms with Crippen molar-refractivity contribution in [2.75, 3.05) is 11.9 Å². The van der Waals surface area contributed by atoms with E-state index in [2.05, 4.69) is 10.6 Å². The first kappa shape index (κ1) is 23.3. The van der Waals surface area contributed by atoms with Gasteiger partial charge in [0.15, 0.2) is 0 Å². The summed E-state index contributed by atoms with van der Waals surface area (Å²) in [6.45, 7) is 0. The van der Waals surface area contributed by atoms with Crippen molar-refractivity contribution in [1.29, 1.82) is 0 Å². The van der Waals surface area contributed by atoms with E-state index >= 15 is 0 Å². The summed E-state index contributed by atoms with van der Waals surface area (Å²) in [7, 11) is 1.70. The van der Waals surface area contributed by atoms with Crippen LogP contribution in [0.4, 0.5) is 5.69 Å². The molecule has 2 aromatic carbocycles. The summed E-state index contributed by atoms with van der Waals surface area (Å²) in [4.78, 5) is 46.1. The number of para-hydroxylation sites is 1. The highest BCUT2D eigenvalue weighted by Gasteiger charge is 2.44. The molecule has 2 N–H and O–H groups in total. The third kappa shape index (κ3) is 4.85. The molecule has 2 saturated carbocycles. The number of rotatable bonds is 7. The second-order valence-corrected chi connectivity index (χ2v) is 9.95. The van der Waals surface area contributed by atoms with Crippen LogP contribution in [0.25, 0.3) is 0 Å². The number of nitrogens with zero attached hydrogens (tertiary/aromatic N) is 2. The number of benzene rings is 2. The summed E-state index contributed by atoms with van der Waals surface area (Å²) in [5.74, 6) is -0.0756. The van der Waals surface area contributed by atoms with Gasteiger partial charge in [0.25, 0.3) is 5.91 Å². The number of carbonyl (C=O) groups excluding carboxylic acids is 3. The molecule has 0 unspecified atom stereocenters. The molecule has 7 nitrogen and oxygen atoms in total. The molecule has 3 aliphatic rings. The number of anilines is 1. The van der Waals surface area contributed by atoms with Gasteiger partial charge in [0, 0.05) is 24.6 Å². The summed E-state index contributed by atoms with van der Waals surface area (Å²) in [5, 5.41) is 5.95. The second kappa shape index (κ2) is 9.64. The lowest BCUT2D eigenvalue weighted by molar-refractivity contribution is -0.135. The van der Waals surface area contributed by atoms with Crippen LogP contribution in [0, 0.1) is 5.92 Å². The maximum atomic E-state index is 13.6. The number of hydrogen-bond donors (Lipinski definition) is 2. The number of hydrogen-bond acceptors (Lipinski definition) is 4. The molecule has 3 amide bonds. The molecule has 182 valence electrons. The van der Waals surface area contributed by atoms with Gasteiger partial charge >= 0.3 is 0 Å². The molecule has 0 spiro atoms. The Morgan fingerprint density at radius 2 is 1.71 bits per heavy atom. The number of fused-ring (bicyclic) bond motifs is 1. The van der Waals surface area contributed by atoms with Gasteiger partial charge in [-0.05, 0) is 31.2 Å². The molecule has 0 aromatic heterocycles. The van der Waals surface area contributed by atoms with E-state index < -0.39 is 11.7 Å². The Labute approximate surface area is 206 Å². The van der Waals surface area contributed by atoms with Crippen molar-refractivity contribution in [2.45, 2.75) is 63.1 Å². The van der Waals surface area contributed by atoms with E-state index in [0.29, 0.717) is 30.9 Å². The topological polar surface area (TPSA) is 90.9 Å². The SMILES string of the molecule is CN1C(=O)[C@@H](NC(=O)C2(NC(=O)CCC3CC3)CCCC2)N=C(c2ccccc2)c2ccccc21. The summed E-state index contributed by atoms with van der Waals surface area (Å²) in [6, 6.07) is 17.3. The molecule has 0 bridgehead atoms. The van der Waals surface area contributed by atoms with Gasteiger partial charge < -0.3 is 15.5 Å². The van der Waals surface area contributed by atoms with E-state index in [4.69, 9.17) is 4.99 Å². The third-order valence-corrected chi connectivity index (χ3v) is 7.41. The van der Waals surface area contributed by atoms with E-state index in [-0.39, 0.29) is 17.7 Å². The average molecular weight is 473 g/mol. The highest BCUT2D eigenvalue weighted by Crippen LogP contribution is 2.34. The van der Waals surface area contributed by atoms with Crippen molar-refractivity contribution < 1.29 is 14.4 Å². The smallest absolute Gasteiger partial charge is 0.272 e. The van der Waals surface area contributed by atoms with Gasteiger partial charge in [0.05, 0.1) is 11.4 Å². The van der Waals surface area contributed by atoms with Crippen LogP contribution in [-0.4, -0.2) is 42.2 Å². The van der Waals surface area contributed by atoms with Gasteiger partial charge in [-0.3, -0.25) is 14.4 Å². The first-order chi connectivity index (χ1) is 17.0. The number of nitrogens with one attached hydrogen (secondary N) is 2. The molecule has 0 radical (unpaired) electrons. The first-order valence-electron chi connectivity index (χ1n) is 12.6. The zero-order valence-corrected chi connectivity index (χ0v) is 20.1. The van der Waals surface area contributed by atoms with Gasteiger partial charge in [0.2, 0.25) is 18.0 Å². The van der Waals surface area contributed by atoms with Gasteiger partial charge in [-0.15, -0.1) is 0 Å². The van der Waals surface area contributed by atoms with Gasteiger partial charge in [-0.25, -0.2) is 4.99 Å². The number of amides is 3. The predicted molar refractivity (Wildman–Crippen MR) is 135 cm³/mol. The van der Waals surface area contributed by atoms with Crippen molar-refractivity contribution in [3.63, 3.8) is 0 Å². The maximum absolute atomic E-state index is 13.6. The molecule has 35 heavy (non-hydrogen) atoms. The Morgan fingerprint density at radius 3 is 2.43 bits per heavy atom. The fraction of sp³-hybridized carbons (Fsp3) is 0.429. The van der Waals surface area contributed by atoms with Crippen LogP contribution in [0.1, 0.15) is 62.5 Å². The highest BCUT2D eigenvalue weighted by molar-refractivity contribution is 6.20. The summed E-state index contributed by atoms with van der Waals surface area (Å²) >= 11 is 0. The molecule has 1 heterocycles. The minimum absolute atomic E-state index is 0.0841. The minimum atomic E-state index is -1.09. The first-order valence-corrected chi connectivity index (χ1v) is 12.6. The number of aliphatic imine (C=N–C) groups is 1. The molecule has 1 atom stereocenters. The van der Waals surface area contributed by atoms with Gasteiger partial charge in [-0.2, -0.15) is 0 Å². The fourth-order valence-corrected chi connectivity index (χ4v) is 5.16. The third-order valence-electron chi connectivity index (χ3n) is 7.41. The standard InChI is InChI=1S/C28H32N4O3/c1-32-22-12-6-5-11-21(22)24(20-9-3-2-4-10-20)29-25(26(32)34)30-27(35)28(17-7-8-18-28)31-23(33)16-15-19-13-14-19/h2-6,9-12,19,25H,7-8,13-18H2,1H3,(H,30,35)(H,31,33)/t25-/m1/s1. The number of likely N-dealkylation sites (N-methyl/N-ethyl adjacent to an activating group) is 1. The Hall–Kier alpha value is -3.48. The van der Waals surface area contributed by atoms with Crippen LogP contribution in [0.3, 0.4) is 0 Å². The average Bonchev–Trinajstić information content (AvgIpc) is 3.61. The Balaban J connectivity index is 1.43. The van der Waals surface area contributed by atoms with Crippen LogP contribution in [0.15, 0.2) is 59.6 Å². The molecule has 7 heteroatoms. The molecular weight excluding hydrogens is 440 g/mol.